The summed E-state index contributed by atoms with van der Waals surface area (Å²) in [5.41, 5.74) is 12.9. The number of alkyl halides is 3. The van der Waals surface area contributed by atoms with Crippen LogP contribution >= 0.6 is 8.58 Å². The maximum absolute atomic E-state index is 13.5. The van der Waals surface area contributed by atoms with Crippen molar-refractivity contribution < 1.29 is 13.2 Å². The molecule has 2 unspecified atom stereocenters. The monoisotopic (exact) mass is 462 g/mol. The second-order valence-electron chi connectivity index (χ2n) is 7.56. The van der Waals surface area contributed by atoms with Crippen LogP contribution in [0.2, 0.25) is 0 Å². The van der Waals surface area contributed by atoms with Gasteiger partial charge in [-0.15, -0.1) is 8.58 Å². The van der Waals surface area contributed by atoms with Gasteiger partial charge in [-0.1, -0.05) is 44.2 Å². The maximum atomic E-state index is 13.5. The van der Waals surface area contributed by atoms with Crippen molar-refractivity contribution in [2.75, 3.05) is 24.0 Å². The predicted molar refractivity (Wildman–Crippen MR) is 131 cm³/mol. The van der Waals surface area contributed by atoms with Gasteiger partial charge in [0.1, 0.15) is 6.17 Å². The van der Waals surface area contributed by atoms with E-state index in [1.807, 2.05) is 57.3 Å². The molecule has 4 N–H and O–H groups in total. The molecular formula is C24H30F3N4P. The van der Waals surface area contributed by atoms with E-state index in [1.54, 1.807) is 12.7 Å². The molecule has 0 spiro atoms. The third kappa shape index (κ3) is 4.94. The molecule has 2 aromatic carbocycles. The number of nitrogens with zero attached hydrogens (tertiary/aromatic N) is 1. The summed E-state index contributed by atoms with van der Waals surface area (Å²) in [4.78, 5) is 0.580. The molecule has 0 bridgehead atoms. The summed E-state index contributed by atoms with van der Waals surface area (Å²) >= 11 is 0. The molecule has 2 aliphatic heterocycles. The van der Waals surface area contributed by atoms with E-state index in [1.165, 1.54) is 0 Å². The molecule has 2 heterocycles. The number of fused-ring (bicyclic) bond motifs is 3. The molecule has 0 saturated heterocycles. The van der Waals surface area contributed by atoms with Crippen molar-refractivity contribution in [3.8, 4) is 11.1 Å². The van der Waals surface area contributed by atoms with Crippen LogP contribution in [0.25, 0.3) is 16.7 Å². The van der Waals surface area contributed by atoms with Crippen LogP contribution < -0.4 is 16.4 Å². The lowest BCUT2D eigenvalue weighted by Crippen LogP contribution is -2.37. The SMILES string of the molecule is CC.CPCN(Cc1ccc(-c2cccc(N)c2)c2c1NC1NC=C(C)C=C21)C(F)(F)F. The third-order valence-corrected chi connectivity index (χ3v) is 6.01. The molecule has 172 valence electrons. The number of hydrogen-bond acceptors (Lipinski definition) is 4. The van der Waals surface area contributed by atoms with Crippen molar-refractivity contribution in [2.24, 2.45) is 0 Å². The Balaban J connectivity index is 0.00000141. The zero-order valence-corrected chi connectivity index (χ0v) is 19.8. The van der Waals surface area contributed by atoms with E-state index in [0.29, 0.717) is 16.2 Å². The predicted octanol–water partition coefficient (Wildman–Crippen LogP) is 6.19. The van der Waals surface area contributed by atoms with E-state index < -0.39 is 6.30 Å². The lowest BCUT2D eigenvalue weighted by Gasteiger charge is -2.25. The summed E-state index contributed by atoms with van der Waals surface area (Å²) in [5.74, 6) is 0. The summed E-state index contributed by atoms with van der Waals surface area (Å²) in [7, 11) is 0.184. The van der Waals surface area contributed by atoms with Crippen LogP contribution in [0.1, 0.15) is 31.9 Å². The summed E-state index contributed by atoms with van der Waals surface area (Å²) < 4.78 is 40.6. The minimum Gasteiger partial charge on any atom is -0.399 e. The molecule has 0 fully saturated rings. The largest absolute Gasteiger partial charge is 0.460 e. The van der Waals surface area contributed by atoms with Gasteiger partial charge in [0.2, 0.25) is 0 Å². The molecule has 4 rings (SSSR count). The Morgan fingerprint density at radius 2 is 1.91 bits per heavy atom. The van der Waals surface area contributed by atoms with Gasteiger partial charge in [-0.25, -0.2) is 4.90 Å². The van der Waals surface area contributed by atoms with Crippen molar-refractivity contribution in [1.82, 2.24) is 10.2 Å². The van der Waals surface area contributed by atoms with E-state index in [4.69, 9.17) is 5.73 Å². The lowest BCUT2D eigenvalue weighted by atomic mass is 9.90. The Labute approximate surface area is 189 Å². The Morgan fingerprint density at radius 1 is 1.16 bits per heavy atom. The second-order valence-corrected chi connectivity index (χ2v) is 8.58. The van der Waals surface area contributed by atoms with Gasteiger partial charge >= 0.3 is 6.30 Å². The van der Waals surface area contributed by atoms with Crippen molar-refractivity contribution in [2.45, 2.75) is 39.8 Å². The van der Waals surface area contributed by atoms with Gasteiger partial charge in [0.25, 0.3) is 0 Å². The molecule has 0 saturated carbocycles. The number of benzene rings is 2. The zero-order chi connectivity index (χ0) is 23.5. The van der Waals surface area contributed by atoms with Crippen LogP contribution in [0.5, 0.6) is 0 Å². The number of allylic oxidation sites excluding steroid dienone is 2. The smallest absolute Gasteiger partial charge is 0.399 e. The molecule has 0 aliphatic carbocycles. The minimum absolute atomic E-state index is 0.0136. The number of dihydropyridines is 1. The Morgan fingerprint density at radius 3 is 2.56 bits per heavy atom. The van der Waals surface area contributed by atoms with E-state index in [0.717, 1.165) is 33.5 Å². The first-order valence-electron chi connectivity index (χ1n) is 10.7. The summed E-state index contributed by atoms with van der Waals surface area (Å²) in [6, 6.07) is 11.3. The molecule has 2 aliphatic rings. The fraction of sp³-hybridized carbons (Fsp3) is 0.333. The van der Waals surface area contributed by atoms with Crippen LogP contribution in [0, 0.1) is 0 Å². The average Bonchev–Trinajstić information content (AvgIpc) is 3.13. The van der Waals surface area contributed by atoms with Crippen LogP contribution in [-0.4, -0.2) is 30.3 Å². The number of nitrogens with two attached hydrogens (primary N) is 1. The quantitative estimate of drug-likeness (QED) is 0.282. The second kappa shape index (κ2) is 9.97. The van der Waals surface area contributed by atoms with Gasteiger partial charge in [0.05, 0.1) is 0 Å². The highest BCUT2D eigenvalue weighted by atomic mass is 31.1. The van der Waals surface area contributed by atoms with Gasteiger partial charge in [0.15, 0.2) is 0 Å². The first-order valence-corrected chi connectivity index (χ1v) is 12.4. The van der Waals surface area contributed by atoms with Crippen molar-refractivity contribution in [1.29, 1.82) is 0 Å². The van der Waals surface area contributed by atoms with Gasteiger partial charge in [0, 0.05) is 41.5 Å². The number of nitrogens with one attached hydrogen (secondary N) is 2. The van der Waals surface area contributed by atoms with Crippen LogP contribution in [0.15, 0.2) is 54.2 Å². The first-order chi connectivity index (χ1) is 15.3. The number of hydrogen-bond donors (Lipinski definition) is 3. The standard InChI is InChI=1S/C22H24F3N4P.C2H6/c1-13-8-18-19-17(14-4-3-5-16(26)9-14)7-6-15(20(19)28-21(18)27-10-13)11-29(12-30-2)22(23,24)25;1-2/h3-10,21,27-28,30H,11-12,26H2,1-2H3;1-2H3. The molecule has 0 amide bonds. The van der Waals surface area contributed by atoms with E-state index >= 15 is 0 Å². The van der Waals surface area contributed by atoms with Gasteiger partial charge < -0.3 is 16.4 Å². The summed E-state index contributed by atoms with van der Waals surface area (Å²) in [6.45, 7) is 7.58. The highest BCUT2D eigenvalue weighted by Crippen LogP contribution is 2.45. The van der Waals surface area contributed by atoms with Gasteiger partial charge in [-0.3, -0.25) is 0 Å². The molecule has 8 heteroatoms. The number of rotatable bonds is 5. The summed E-state index contributed by atoms with van der Waals surface area (Å²) in [6.07, 6.45) is -0.567. The van der Waals surface area contributed by atoms with Crippen LogP contribution in [-0.2, 0) is 6.54 Å². The van der Waals surface area contributed by atoms with Gasteiger partial charge in [-0.2, -0.15) is 13.2 Å². The maximum Gasteiger partial charge on any atom is 0.460 e. The third-order valence-electron chi connectivity index (χ3n) is 5.31. The number of halogens is 3. The Bertz CT molecular complexity index is 1030. The lowest BCUT2D eigenvalue weighted by molar-refractivity contribution is -0.242. The molecule has 0 radical (unpaired) electrons. The van der Waals surface area contributed by atoms with Crippen molar-refractivity contribution in [3.63, 3.8) is 0 Å². The molecule has 32 heavy (non-hydrogen) atoms. The topological polar surface area (TPSA) is 53.3 Å². The Kier molecular flexibility index (Phi) is 7.52. The average molecular weight is 463 g/mol. The fourth-order valence-electron chi connectivity index (χ4n) is 3.98. The number of anilines is 2. The van der Waals surface area contributed by atoms with E-state index in [2.05, 4.69) is 16.7 Å². The van der Waals surface area contributed by atoms with Crippen LogP contribution in [0.4, 0.5) is 24.5 Å². The first kappa shape index (κ1) is 24.1. The molecule has 2 aromatic rings. The number of nitrogen functional groups attached to an aromatic ring is 1. The van der Waals surface area contributed by atoms with Crippen LogP contribution in [0.3, 0.4) is 0 Å². The highest BCUT2D eigenvalue weighted by molar-refractivity contribution is 7.36. The molecule has 4 nitrogen and oxygen atoms in total. The Hall–Kier alpha value is -2.50. The summed E-state index contributed by atoms with van der Waals surface area (Å²) in [5, 5.41) is 6.71. The minimum atomic E-state index is -4.37. The zero-order valence-electron chi connectivity index (χ0n) is 18.8. The fourth-order valence-corrected chi connectivity index (χ4v) is 4.65. The normalized spacial score (nSPS) is 17.1. The van der Waals surface area contributed by atoms with Crippen molar-refractivity contribution >= 4 is 25.5 Å². The molecule has 0 aromatic heterocycles. The molecular weight excluding hydrogens is 432 g/mol. The van der Waals surface area contributed by atoms with Gasteiger partial charge in [-0.05, 0) is 48.0 Å². The van der Waals surface area contributed by atoms with E-state index in [9.17, 15) is 13.2 Å². The van der Waals surface area contributed by atoms with Crippen molar-refractivity contribution in [3.05, 3.63) is 65.4 Å². The van der Waals surface area contributed by atoms with E-state index in [-0.39, 0.29) is 27.6 Å². The molecule has 2 atom stereocenters. The highest BCUT2D eigenvalue weighted by Gasteiger charge is 2.38.